The van der Waals surface area contributed by atoms with E-state index in [1.165, 1.54) is 0 Å². The number of thioether (sulfide) groups is 1. The summed E-state index contributed by atoms with van der Waals surface area (Å²) in [5.74, 6) is 2.21. The summed E-state index contributed by atoms with van der Waals surface area (Å²) in [7, 11) is 1.67. The molecule has 0 bridgehead atoms. The molecule has 3 rings (SSSR count). The maximum atomic E-state index is 5.36. The number of halogens is 1. The molecule has 0 spiro atoms. The molecule has 2 heterocycles. The summed E-state index contributed by atoms with van der Waals surface area (Å²) >= 11 is 5.02. The van der Waals surface area contributed by atoms with Crippen molar-refractivity contribution in [1.29, 1.82) is 0 Å². The average Bonchev–Trinajstić information content (AvgIpc) is 2.88. The third kappa shape index (κ3) is 2.78. The largest absolute Gasteiger partial charge is 0.496 e. The second-order valence-corrected chi connectivity index (χ2v) is 5.86. The van der Waals surface area contributed by atoms with Gasteiger partial charge in [0.2, 0.25) is 5.16 Å². The first-order chi connectivity index (χ1) is 9.76. The van der Waals surface area contributed by atoms with Crippen molar-refractivity contribution in [2.24, 2.45) is 0 Å². The molecular weight excluding hydrogens is 340 g/mol. The third-order valence-electron chi connectivity index (χ3n) is 2.70. The maximum absolute atomic E-state index is 5.36. The summed E-state index contributed by atoms with van der Waals surface area (Å²) in [6.45, 7) is 0. The standard InChI is InChI=1S/C13H11BrN4OS/c1-19-11-4-3-10(14)7-9(11)8-20-13-16-12-15-5-2-6-18(12)17-13/h2-7H,8H2,1H3. The van der Waals surface area contributed by atoms with Crippen molar-refractivity contribution in [2.45, 2.75) is 10.9 Å². The van der Waals surface area contributed by atoms with Crippen molar-refractivity contribution >= 4 is 33.5 Å². The summed E-state index contributed by atoms with van der Waals surface area (Å²) in [6.07, 6.45) is 3.54. The number of ether oxygens (including phenoxy) is 1. The van der Waals surface area contributed by atoms with E-state index in [0.29, 0.717) is 10.9 Å². The van der Waals surface area contributed by atoms with Crippen LogP contribution in [0.2, 0.25) is 0 Å². The van der Waals surface area contributed by atoms with E-state index in [4.69, 9.17) is 4.74 Å². The molecule has 0 radical (unpaired) electrons. The Hall–Kier alpha value is -1.60. The molecule has 0 amide bonds. The lowest BCUT2D eigenvalue weighted by Crippen LogP contribution is -1.91. The van der Waals surface area contributed by atoms with Crippen LogP contribution in [0.3, 0.4) is 0 Å². The molecule has 0 saturated heterocycles. The van der Waals surface area contributed by atoms with Crippen LogP contribution in [-0.2, 0) is 5.75 Å². The number of hydrogen-bond acceptors (Lipinski definition) is 5. The Morgan fingerprint density at radius 2 is 2.30 bits per heavy atom. The predicted octanol–water partition coefficient (Wildman–Crippen LogP) is 3.19. The lowest BCUT2D eigenvalue weighted by Gasteiger charge is -2.07. The number of nitrogens with zero attached hydrogens (tertiary/aromatic N) is 4. The fourth-order valence-corrected chi connectivity index (χ4v) is 2.99. The number of fused-ring (bicyclic) bond motifs is 1. The molecule has 0 fully saturated rings. The van der Waals surface area contributed by atoms with Gasteiger partial charge in [0.25, 0.3) is 5.78 Å². The van der Waals surface area contributed by atoms with Crippen molar-refractivity contribution in [3.05, 3.63) is 46.7 Å². The van der Waals surface area contributed by atoms with Gasteiger partial charge in [-0.15, -0.1) is 5.10 Å². The van der Waals surface area contributed by atoms with Crippen LogP contribution >= 0.6 is 27.7 Å². The molecule has 0 N–H and O–H groups in total. The molecule has 0 saturated carbocycles. The summed E-state index contributed by atoms with van der Waals surface area (Å²) in [5, 5.41) is 5.06. The van der Waals surface area contributed by atoms with Crippen molar-refractivity contribution in [3.63, 3.8) is 0 Å². The highest BCUT2D eigenvalue weighted by Crippen LogP contribution is 2.28. The van der Waals surface area contributed by atoms with Crippen molar-refractivity contribution < 1.29 is 4.74 Å². The number of methoxy groups -OCH3 is 1. The van der Waals surface area contributed by atoms with E-state index in [2.05, 4.69) is 31.0 Å². The minimum Gasteiger partial charge on any atom is -0.496 e. The highest BCUT2D eigenvalue weighted by atomic mass is 79.9. The number of hydrogen-bond donors (Lipinski definition) is 0. The molecule has 1 aromatic carbocycles. The van der Waals surface area contributed by atoms with Crippen LogP contribution < -0.4 is 4.74 Å². The third-order valence-corrected chi connectivity index (χ3v) is 4.08. The topological polar surface area (TPSA) is 52.3 Å². The SMILES string of the molecule is COc1ccc(Br)cc1CSc1nc2ncccn2n1. The van der Waals surface area contributed by atoms with Crippen molar-refractivity contribution in [3.8, 4) is 5.75 Å². The average molecular weight is 351 g/mol. The maximum Gasteiger partial charge on any atom is 0.253 e. The zero-order valence-corrected chi connectivity index (χ0v) is 13.1. The van der Waals surface area contributed by atoms with Gasteiger partial charge in [0.05, 0.1) is 7.11 Å². The van der Waals surface area contributed by atoms with Gasteiger partial charge in [-0.05, 0) is 24.3 Å². The zero-order chi connectivity index (χ0) is 13.9. The highest BCUT2D eigenvalue weighted by Gasteiger charge is 2.08. The Kier molecular flexibility index (Phi) is 3.88. The Morgan fingerprint density at radius 1 is 1.40 bits per heavy atom. The Morgan fingerprint density at radius 3 is 3.10 bits per heavy atom. The first kappa shape index (κ1) is 13.4. The predicted molar refractivity (Wildman–Crippen MR) is 81.0 cm³/mol. The van der Waals surface area contributed by atoms with Gasteiger partial charge in [-0.2, -0.15) is 4.98 Å². The number of rotatable bonds is 4. The van der Waals surface area contributed by atoms with Gasteiger partial charge in [-0.25, -0.2) is 9.50 Å². The molecule has 102 valence electrons. The molecule has 7 heteroatoms. The molecule has 0 atom stereocenters. The van der Waals surface area contributed by atoms with Gasteiger partial charge in [-0.3, -0.25) is 0 Å². The summed E-state index contributed by atoms with van der Waals surface area (Å²) in [5.41, 5.74) is 1.10. The Labute approximate surface area is 128 Å². The van der Waals surface area contributed by atoms with E-state index in [-0.39, 0.29) is 0 Å². The minimum atomic E-state index is 0.608. The normalized spacial score (nSPS) is 10.9. The molecule has 0 unspecified atom stereocenters. The van der Waals surface area contributed by atoms with Crippen LogP contribution in [0.5, 0.6) is 5.75 Å². The Bertz CT molecular complexity index is 713. The fraction of sp³-hybridized carbons (Fsp3) is 0.154. The zero-order valence-electron chi connectivity index (χ0n) is 10.7. The van der Waals surface area contributed by atoms with Crippen LogP contribution in [0.1, 0.15) is 5.56 Å². The molecular formula is C13H11BrN4OS. The van der Waals surface area contributed by atoms with E-state index in [1.54, 1.807) is 29.6 Å². The monoisotopic (exact) mass is 350 g/mol. The molecule has 0 aliphatic carbocycles. The van der Waals surface area contributed by atoms with E-state index >= 15 is 0 Å². The molecule has 0 aliphatic heterocycles. The van der Waals surface area contributed by atoms with E-state index in [9.17, 15) is 0 Å². The number of benzene rings is 1. The van der Waals surface area contributed by atoms with Crippen LogP contribution in [0.15, 0.2) is 46.3 Å². The van der Waals surface area contributed by atoms with E-state index in [1.807, 2.05) is 30.5 Å². The van der Waals surface area contributed by atoms with Gasteiger partial charge in [0, 0.05) is 28.2 Å². The fourth-order valence-electron chi connectivity index (χ4n) is 1.78. The summed E-state index contributed by atoms with van der Waals surface area (Å²) in [4.78, 5) is 8.51. The van der Waals surface area contributed by atoms with Gasteiger partial charge in [-0.1, -0.05) is 27.7 Å². The van der Waals surface area contributed by atoms with Crippen molar-refractivity contribution in [1.82, 2.24) is 19.6 Å². The van der Waals surface area contributed by atoms with Crippen molar-refractivity contribution in [2.75, 3.05) is 7.11 Å². The summed E-state index contributed by atoms with van der Waals surface area (Å²) in [6, 6.07) is 7.77. The van der Waals surface area contributed by atoms with Crippen LogP contribution in [0.25, 0.3) is 5.78 Å². The van der Waals surface area contributed by atoms with Crippen LogP contribution in [0.4, 0.5) is 0 Å². The Balaban J connectivity index is 1.80. The minimum absolute atomic E-state index is 0.608. The second-order valence-electron chi connectivity index (χ2n) is 4.00. The number of aromatic nitrogens is 4. The molecule has 5 nitrogen and oxygen atoms in total. The molecule has 2 aromatic heterocycles. The van der Waals surface area contributed by atoms with Gasteiger partial charge in [0.15, 0.2) is 0 Å². The van der Waals surface area contributed by atoms with Gasteiger partial charge >= 0.3 is 0 Å². The first-order valence-electron chi connectivity index (χ1n) is 5.89. The molecule has 3 aromatic rings. The second kappa shape index (κ2) is 5.80. The van der Waals surface area contributed by atoms with E-state index < -0.39 is 0 Å². The van der Waals surface area contributed by atoms with Gasteiger partial charge < -0.3 is 4.74 Å². The highest BCUT2D eigenvalue weighted by molar-refractivity contribution is 9.10. The van der Waals surface area contributed by atoms with Gasteiger partial charge in [0.1, 0.15) is 5.75 Å². The summed E-state index contributed by atoms with van der Waals surface area (Å²) < 4.78 is 8.05. The lowest BCUT2D eigenvalue weighted by atomic mass is 10.2. The first-order valence-corrected chi connectivity index (χ1v) is 7.67. The molecule has 20 heavy (non-hydrogen) atoms. The lowest BCUT2D eigenvalue weighted by molar-refractivity contribution is 0.411. The quantitative estimate of drug-likeness (QED) is 0.676. The van der Waals surface area contributed by atoms with Crippen LogP contribution in [-0.4, -0.2) is 26.7 Å². The smallest absolute Gasteiger partial charge is 0.253 e. The van der Waals surface area contributed by atoms with E-state index in [0.717, 1.165) is 21.5 Å². The van der Waals surface area contributed by atoms with Crippen LogP contribution in [0, 0.1) is 0 Å². The molecule has 0 aliphatic rings.